The third kappa shape index (κ3) is 7.14. The zero-order chi connectivity index (χ0) is 26.8. The fraction of sp³-hybridized carbons (Fsp3) is 0.679. The molecule has 1 heterocycles. The highest BCUT2D eigenvalue weighted by Crippen LogP contribution is 2.26. The first kappa shape index (κ1) is 29.5. The Bertz CT molecular complexity index is 890. The number of piperazine rings is 1. The molecule has 1 saturated heterocycles. The second-order valence-corrected chi connectivity index (χ2v) is 9.82. The number of nitrogens with zero attached hydrogens (tertiary/aromatic N) is 2. The molecule has 0 spiro atoms. The van der Waals surface area contributed by atoms with Crippen molar-refractivity contribution in [2.24, 2.45) is 11.8 Å². The van der Waals surface area contributed by atoms with E-state index in [1.807, 2.05) is 25.7 Å². The smallest absolute Gasteiger partial charge is 0.255 e. The molecule has 4 atom stereocenters. The van der Waals surface area contributed by atoms with Gasteiger partial charge in [0.15, 0.2) is 0 Å². The summed E-state index contributed by atoms with van der Waals surface area (Å²) in [7, 11) is 3.05. The van der Waals surface area contributed by atoms with E-state index in [9.17, 15) is 14.4 Å². The van der Waals surface area contributed by atoms with Crippen LogP contribution in [0.4, 0.5) is 0 Å². The molecule has 8 heteroatoms. The van der Waals surface area contributed by atoms with E-state index in [1.54, 1.807) is 30.2 Å². The van der Waals surface area contributed by atoms with Crippen LogP contribution in [0.25, 0.3) is 0 Å². The zero-order valence-corrected chi connectivity index (χ0v) is 23.1. The minimum Gasteiger partial charge on any atom is -0.497 e. The molecule has 1 N–H and O–H groups in total. The first-order valence-corrected chi connectivity index (χ1v) is 13.3. The van der Waals surface area contributed by atoms with Crippen molar-refractivity contribution in [2.45, 2.75) is 78.8 Å². The molecule has 0 aromatic heterocycles. The van der Waals surface area contributed by atoms with Crippen LogP contribution in [0.3, 0.4) is 0 Å². The van der Waals surface area contributed by atoms with Gasteiger partial charge in [0.25, 0.3) is 5.91 Å². The summed E-state index contributed by atoms with van der Waals surface area (Å²) in [5.41, 5.74) is 0.348. The fourth-order valence-electron chi connectivity index (χ4n) is 4.76. The van der Waals surface area contributed by atoms with Crippen LogP contribution in [-0.4, -0.2) is 73.5 Å². The SMILES string of the molecule is CCCC[C@H](CC)C(=O)N1CCN(C(=O)[C@H](NC(=O)c2ccc(OC)cc2OC)[C@H](C)CC)C[C@H]1C. The molecular formula is C28H45N3O5. The van der Waals surface area contributed by atoms with Crippen molar-refractivity contribution in [3.8, 4) is 11.5 Å². The van der Waals surface area contributed by atoms with E-state index in [0.29, 0.717) is 36.7 Å². The molecule has 0 aliphatic carbocycles. The molecule has 2 rings (SSSR count). The zero-order valence-electron chi connectivity index (χ0n) is 23.1. The van der Waals surface area contributed by atoms with Gasteiger partial charge in [0.05, 0.1) is 19.8 Å². The van der Waals surface area contributed by atoms with Crippen molar-refractivity contribution < 1.29 is 23.9 Å². The number of nitrogens with one attached hydrogen (secondary N) is 1. The average Bonchev–Trinajstić information content (AvgIpc) is 2.90. The van der Waals surface area contributed by atoms with Crippen molar-refractivity contribution in [2.75, 3.05) is 33.9 Å². The Hall–Kier alpha value is -2.77. The molecule has 0 bridgehead atoms. The van der Waals surface area contributed by atoms with Crippen LogP contribution < -0.4 is 14.8 Å². The Morgan fingerprint density at radius 3 is 2.33 bits per heavy atom. The lowest BCUT2D eigenvalue weighted by Crippen LogP contribution is -2.60. The van der Waals surface area contributed by atoms with Gasteiger partial charge in [-0.05, 0) is 37.8 Å². The van der Waals surface area contributed by atoms with Crippen LogP contribution in [0.2, 0.25) is 0 Å². The molecule has 0 saturated carbocycles. The van der Waals surface area contributed by atoms with E-state index in [0.717, 1.165) is 32.1 Å². The summed E-state index contributed by atoms with van der Waals surface area (Å²) in [6.45, 7) is 11.6. The summed E-state index contributed by atoms with van der Waals surface area (Å²) >= 11 is 0. The Morgan fingerprint density at radius 2 is 1.78 bits per heavy atom. The van der Waals surface area contributed by atoms with E-state index in [4.69, 9.17) is 9.47 Å². The first-order chi connectivity index (χ1) is 17.2. The minimum atomic E-state index is -0.670. The maximum atomic E-state index is 13.6. The number of unbranched alkanes of at least 4 members (excludes halogenated alkanes) is 1. The van der Waals surface area contributed by atoms with Crippen LogP contribution in [0.5, 0.6) is 11.5 Å². The second-order valence-electron chi connectivity index (χ2n) is 9.82. The number of hydrogen-bond donors (Lipinski definition) is 1. The molecule has 0 unspecified atom stereocenters. The molecule has 36 heavy (non-hydrogen) atoms. The second kappa shape index (κ2) is 14.1. The van der Waals surface area contributed by atoms with Gasteiger partial charge in [0.2, 0.25) is 11.8 Å². The van der Waals surface area contributed by atoms with E-state index < -0.39 is 6.04 Å². The Morgan fingerprint density at radius 1 is 1.06 bits per heavy atom. The van der Waals surface area contributed by atoms with Gasteiger partial charge in [0, 0.05) is 37.7 Å². The summed E-state index contributed by atoms with van der Waals surface area (Å²) in [6, 6.07) is 4.24. The largest absolute Gasteiger partial charge is 0.497 e. The summed E-state index contributed by atoms with van der Waals surface area (Å²) in [4.78, 5) is 43.7. The first-order valence-electron chi connectivity index (χ1n) is 13.3. The van der Waals surface area contributed by atoms with Crippen LogP contribution in [0, 0.1) is 11.8 Å². The van der Waals surface area contributed by atoms with Gasteiger partial charge in [-0.25, -0.2) is 0 Å². The number of methoxy groups -OCH3 is 2. The van der Waals surface area contributed by atoms with Gasteiger partial charge < -0.3 is 24.6 Å². The molecule has 202 valence electrons. The highest BCUT2D eigenvalue weighted by atomic mass is 16.5. The van der Waals surface area contributed by atoms with Crippen LogP contribution >= 0.6 is 0 Å². The quantitative estimate of drug-likeness (QED) is 0.464. The number of carbonyl (C=O) groups excluding carboxylic acids is 3. The van der Waals surface area contributed by atoms with Gasteiger partial charge in [-0.2, -0.15) is 0 Å². The molecular weight excluding hydrogens is 458 g/mol. The number of rotatable bonds is 12. The standard InChI is InChI=1S/C28H45N3O5/c1-8-11-12-21(10-3)27(33)31-16-15-30(18-20(31)5)28(34)25(19(4)9-2)29-26(32)23-14-13-22(35-6)17-24(23)36-7/h13-14,17,19-21,25H,8-12,15-16,18H2,1-7H3,(H,29,32)/t19-,20-,21+,25-/m1/s1. The van der Waals surface area contributed by atoms with E-state index in [1.165, 1.54) is 7.11 Å². The highest BCUT2D eigenvalue weighted by molar-refractivity contribution is 6.00. The fourth-order valence-corrected chi connectivity index (χ4v) is 4.76. The van der Waals surface area contributed by atoms with Gasteiger partial charge in [-0.3, -0.25) is 14.4 Å². The normalized spacial score (nSPS) is 18.2. The van der Waals surface area contributed by atoms with Gasteiger partial charge in [-0.1, -0.05) is 47.0 Å². The Kier molecular flexibility index (Phi) is 11.5. The van der Waals surface area contributed by atoms with E-state index >= 15 is 0 Å². The molecule has 1 aromatic carbocycles. The lowest BCUT2D eigenvalue weighted by atomic mass is 9.95. The predicted octanol–water partition coefficient (Wildman–Crippen LogP) is 4.12. The highest BCUT2D eigenvalue weighted by Gasteiger charge is 2.36. The lowest BCUT2D eigenvalue weighted by molar-refractivity contribution is -0.146. The van der Waals surface area contributed by atoms with Crippen LogP contribution in [0.15, 0.2) is 18.2 Å². The molecule has 0 radical (unpaired) electrons. The molecule has 1 aliphatic heterocycles. The summed E-state index contributed by atoms with van der Waals surface area (Å²) < 4.78 is 10.6. The van der Waals surface area contributed by atoms with Crippen molar-refractivity contribution >= 4 is 17.7 Å². The van der Waals surface area contributed by atoms with Crippen molar-refractivity contribution in [1.82, 2.24) is 15.1 Å². The molecule has 1 aromatic rings. The van der Waals surface area contributed by atoms with Crippen LogP contribution in [0.1, 0.15) is 77.1 Å². The number of amides is 3. The van der Waals surface area contributed by atoms with Crippen molar-refractivity contribution in [3.63, 3.8) is 0 Å². The van der Waals surface area contributed by atoms with Crippen molar-refractivity contribution in [3.05, 3.63) is 23.8 Å². The molecule has 1 aliphatic rings. The van der Waals surface area contributed by atoms with Crippen LogP contribution in [-0.2, 0) is 9.59 Å². The Balaban J connectivity index is 2.14. The predicted molar refractivity (Wildman–Crippen MR) is 141 cm³/mol. The third-order valence-corrected chi connectivity index (χ3v) is 7.39. The summed E-state index contributed by atoms with van der Waals surface area (Å²) in [5.74, 6) is 0.680. The third-order valence-electron chi connectivity index (χ3n) is 7.39. The maximum Gasteiger partial charge on any atom is 0.255 e. The number of hydrogen-bond acceptors (Lipinski definition) is 5. The molecule has 1 fully saturated rings. The average molecular weight is 504 g/mol. The van der Waals surface area contributed by atoms with Gasteiger partial charge >= 0.3 is 0 Å². The minimum absolute atomic E-state index is 0.0429. The Labute approximate surface area is 216 Å². The number of ether oxygens (including phenoxy) is 2. The number of benzene rings is 1. The molecule has 3 amide bonds. The van der Waals surface area contributed by atoms with Gasteiger partial charge in [0.1, 0.15) is 17.5 Å². The lowest BCUT2D eigenvalue weighted by Gasteiger charge is -2.42. The maximum absolute atomic E-state index is 13.6. The monoisotopic (exact) mass is 503 g/mol. The van der Waals surface area contributed by atoms with E-state index in [2.05, 4.69) is 19.2 Å². The van der Waals surface area contributed by atoms with E-state index in [-0.39, 0.29) is 35.6 Å². The number of carbonyl (C=O) groups is 3. The topological polar surface area (TPSA) is 88.2 Å². The molecule has 8 nitrogen and oxygen atoms in total. The summed E-state index contributed by atoms with van der Waals surface area (Å²) in [5, 5.41) is 2.96. The van der Waals surface area contributed by atoms with Gasteiger partial charge in [-0.15, -0.1) is 0 Å². The van der Waals surface area contributed by atoms with Crippen molar-refractivity contribution in [1.29, 1.82) is 0 Å². The summed E-state index contributed by atoms with van der Waals surface area (Å²) in [6.07, 6.45) is 4.61.